The van der Waals surface area contributed by atoms with Crippen molar-refractivity contribution in [2.75, 3.05) is 5.32 Å². The SMILES string of the molecule is C[C@@H](Sc1nnc(-c2ccccc2)o1)C(=O)Nc1ccc(C(F)(F)F)cc1. The van der Waals surface area contributed by atoms with E-state index < -0.39 is 17.0 Å². The molecule has 3 rings (SSSR count). The summed E-state index contributed by atoms with van der Waals surface area (Å²) in [6, 6.07) is 13.4. The van der Waals surface area contributed by atoms with Crippen LogP contribution in [0.1, 0.15) is 12.5 Å². The molecule has 5 nitrogen and oxygen atoms in total. The minimum atomic E-state index is -4.42. The molecule has 0 fully saturated rings. The van der Waals surface area contributed by atoms with E-state index in [0.29, 0.717) is 5.89 Å². The molecule has 2 aromatic carbocycles. The van der Waals surface area contributed by atoms with Crippen LogP contribution in [0.4, 0.5) is 18.9 Å². The van der Waals surface area contributed by atoms with Gasteiger partial charge >= 0.3 is 6.18 Å². The van der Waals surface area contributed by atoms with Crippen molar-refractivity contribution in [3.05, 3.63) is 60.2 Å². The average Bonchev–Trinajstić information content (AvgIpc) is 3.10. The van der Waals surface area contributed by atoms with Crippen LogP contribution in [0.5, 0.6) is 0 Å². The first-order valence-electron chi connectivity index (χ1n) is 7.86. The third-order valence-corrected chi connectivity index (χ3v) is 4.49. The first kappa shape index (κ1) is 19.0. The Kier molecular flexibility index (Phi) is 5.50. The predicted octanol–water partition coefficient (Wildman–Crippen LogP) is 4.87. The van der Waals surface area contributed by atoms with Crippen molar-refractivity contribution >= 4 is 23.4 Å². The number of amides is 1. The molecule has 0 aliphatic carbocycles. The molecule has 0 bridgehead atoms. The topological polar surface area (TPSA) is 68.0 Å². The van der Waals surface area contributed by atoms with Crippen LogP contribution in [0.2, 0.25) is 0 Å². The highest BCUT2D eigenvalue weighted by atomic mass is 32.2. The number of hydrogen-bond donors (Lipinski definition) is 1. The Morgan fingerprint density at radius 3 is 2.37 bits per heavy atom. The molecule has 1 N–H and O–H groups in total. The fourth-order valence-corrected chi connectivity index (χ4v) is 2.83. The molecule has 3 aromatic rings. The zero-order valence-corrected chi connectivity index (χ0v) is 14.8. The highest BCUT2D eigenvalue weighted by molar-refractivity contribution is 8.00. The number of hydrogen-bond acceptors (Lipinski definition) is 5. The quantitative estimate of drug-likeness (QED) is 0.626. The molecule has 0 spiro atoms. The fourth-order valence-electron chi connectivity index (χ4n) is 2.15. The van der Waals surface area contributed by atoms with Crippen LogP contribution < -0.4 is 5.32 Å². The predicted molar refractivity (Wildman–Crippen MR) is 95.1 cm³/mol. The maximum atomic E-state index is 12.6. The molecular weight excluding hydrogens is 379 g/mol. The van der Waals surface area contributed by atoms with Gasteiger partial charge < -0.3 is 9.73 Å². The Morgan fingerprint density at radius 2 is 1.74 bits per heavy atom. The van der Waals surface area contributed by atoms with Gasteiger partial charge in [-0.2, -0.15) is 13.2 Å². The van der Waals surface area contributed by atoms with Crippen LogP contribution in [0.15, 0.2) is 64.2 Å². The zero-order chi connectivity index (χ0) is 19.4. The van der Waals surface area contributed by atoms with E-state index >= 15 is 0 Å². The van der Waals surface area contributed by atoms with E-state index in [0.717, 1.165) is 29.5 Å². The second kappa shape index (κ2) is 7.83. The zero-order valence-electron chi connectivity index (χ0n) is 14.0. The van der Waals surface area contributed by atoms with Gasteiger partial charge in [0.15, 0.2) is 0 Å². The molecule has 1 amide bonds. The maximum Gasteiger partial charge on any atom is 0.416 e. The average molecular weight is 393 g/mol. The fraction of sp³-hybridized carbons (Fsp3) is 0.167. The Hall–Kier alpha value is -2.81. The van der Waals surface area contributed by atoms with Gasteiger partial charge in [0, 0.05) is 11.3 Å². The summed E-state index contributed by atoms with van der Waals surface area (Å²) in [5.74, 6) is -0.0485. The summed E-state index contributed by atoms with van der Waals surface area (Å²) in [5, 5.41) is 10.0. The Bertz CT molecular complexity index is 912. The molecule has 1 atom stereocenters. The van der Waals surface area contributed by atoms with E-state index in [9.17, 15) is 18.0 Å². The highest BCUT2D eigenvalue weighted by Crippen LogP contribution is 2.30. The normalized spacial score (nSPS) is 12.6. The third-order valence-electron chi connectivity index (χ3n) is 3.55. The molecule has 0 radical (unpaired) electrons. The second-order valence-electron chi connectivity index (χ2n) is 5.56. The molecule has 0 aliphatic rings. The summed E-state index contributed by atoms with van der Waals surface area (Å²) >= 11 is 1.06. The Labute approximate surface area is 157 Å². The van der Waals surface area contributed by atoms with Gasteiger partial charge in [-0.1, -0.05) is 30.0 Å². The van der Waals surface area contributed by atoms with Crippen molar-refractivity contribution in [2.45, 2.75) is 23.6 Å². The largest absolute Gasteiger partial charge is 0.416 e. The van der Waals surface area contributed by atoms with Crippen LogP contribution in [0.25, 0.3) is 11.5 Å². The first-order valence-corrected chi connectivity index (χ1v) is 8.74. The van der Waals surface area contributed by atoms with Gasteiger partial charge in [0.1, 0.15) is 0 Å². The summed E-state index contributed by atoms with van der Waals surface area (Å²) in [6.45, 7) is 1.64. The molecule has 0 saturated carbocycles. The molecule has 1 heterocycles. The number of rotatable bonds is 5. The molecule has 27 heavy (non-hydrogen) atoms. The highest BCUT2D eigenvalue weighted by Gasteiger charge is 2.30. The maximum absolute atomic E-state index is 12.6. The van der Waals surface area contributed by atoms with Gasteiger partial charge in [-0.05, 0) is 43.3 Å². The Balaban J connectivity index is 1.60. The third kappa shape index (κ3) is 4.88. The van der Waals surface area contributed by atoms with E-state index in [1.54, 1.807) is 6.92 Å². The lowest BCUT2D eigenvalue weighted by molar-refractivity contribution is -0.137. The minimum Gasteiger partial charge on any atom is -0.411 e. The van der Waals surface area contributed by atoms with Crippen molar-refractivity contribution in [3.8, 4) is 11.5 Å². The number of carbonyl (C=O) groups is 1. The number of nitrogens with zero attached hydrogens (tertiary/aromatic N) is 2. The van der Waals surface area contributed by atoms with E-state index in [2.05, 4.69) is 15.5 Å². The number of carbonyl (C=O) groups excluding carboxylic acids is 1. The van der Waals surface area contributed by atoms with Crippen molar-refractivity contribution < 1.29 is 22.4 Å². The second-order valence-corrected chi connectivity index (χ2v) is 6.86. The monoisotopic (exact) mass is 393 g/mol. The number of alkyl halides is 3. The van der Waals surface area contributed by atoms with Crippen molar-refractivity contribution in [1.82, 2.24) is 10.2 Å². The van der Waals surface area contributed by atoms with E-state index in [1.807, 2.05) is 30.3 Å². The summed E-state index contributed by atoms with van der Waals surface area (Å²) in [7, 11) is 0. The minimum absolute atomic E-state index is 0.226. The van der Waals surface area contributed by atoms with Gasteiger partial charge in [-0.3, -0.25) is 4.79 Å². The number of nitrogens with one attached hydrogen (secondary N) is 1. The number of halogens is 3. The van der Waals surface area contributed by atoms with Crippen molar-refractivity contribution in [1.29, 1.82) is 0 Å². The van der Waals surface area contributed by atoms with Gasteiger partial charge in [0.25, 0.3) is 5.22 Å². The molecule has 0 saturated heterocycles. The molecule has 1 aromatic heterocycles. The summed E-state index contributed by atoms with van der Waals surface area (Å²) in [6.07, 6.45) is -4.42. The number of aromatic nitrogens is 2. The standard InChI is InChI=1S/C18H14F3N3O2S/c1-11(15(25)22-14-9-7-13(8-10-14)18(19,20)21)27-17-24-23-16(26-17)12-5-3-2-4-6-12/h2-11H,1H3,(H,22,25)/t11-/m1/s1. The molecule has 140 valence electrons. The van der Waals surface area contributed by atoms with Crippen LogP contribution in [0, 0.1) is 0 Å². The van der Waals surface area contributed by atoms with Gasteiger partial charge in [0.2, 0.25) is 11.8 Å². The van der Waals surface area contributed by atoms with Gasteiger partial charge in [0.05, 0.1) is 10.8 Å². The van der Waals surface area contributed by atoms with Crippen LogP contribution in [0.3, 0.4) is 0 Å². The number of anilines is 1. The lowest BCUT2D eigenvalue weighted by Crippen LogP contribution is -2.22. The Morgan fingerprint density at radius 1 is 1.07 bits per heavy atom. The van der Waals surface area contributed by atoms with Crippen LogP contribution >= 0.6 is 11.8 Å². The molecule has 0 unspecified atom stereocenters. The summed E-state index contributed by atoms with van der Waals surface area (Å²) in [4.78, 5) is 12.2. The molecular formula is C18H14F3N3O2S. The van der Waals surface area contributed by atoms with Gasteiger partial charge in [-0.25, -0.2) is 0 Å². The van der Waals surface area contributed by atoms with Crippen molar-refractivity contribution in [2.24, 2.45) is 0 Å². The van der Waals surface area contributed by atoms with E-state index in [-0.39, 0.29) is 16.8 Å². The van der Waals surface area contributed by atoms with E-state index in [1.165, 1.54) is 12.1 Å². The lowest BCUT2D eigenvalue weighted by atomic mass is 10.2. The summed E-state index contributed by atoms with van der Waals surface area (Å²) in [5.41, 5.74) is 0.261. The summed E-state index contributed by atoms with van der Waals surface area (Å²) < 4.78 is 43.2. The van der Waals surface area contributed by atoms with Crippen LogP contribution in [-0.4, -0.2) is 21.4 Å². The smallest absolute Gasteiger partial charge is 0.411 e. The molecule has 9 heteroatoms. The number of benzene rings is 2. The van der Waals surface area contributed by atoms with Gasteiger partial charge in [-0.15, -0.1) is 10.2 Å². The van der Waals surface area contributed by atoms with E-state index in [4.69, 9.17) is 4.42 Å². The molecule has 0 aliphatic heterocycles. The van der Waals surface area contributed by atoms with Crippen molar-refractivity contribution in [3.63, 3.8) is 0 Å². The first-order chi connectivity index (χ1) is 12.8. The number of thioether (sulfide) groups is 1. The van der Waals surface area contributed by atoms with Crippen LogP contribution in [-0.2, 0) is 11.0 Å². The lowest BCUT2D eigenvalue weighted by Gasteiger charge is -2.11.